The zero-order chi connectivity index (χ0) is 18.8. The summed E-state index contributed by atoms with van der Waals surface area (Å²) in [6.07, 6.45) is -0.464. The molecule has 0 amide bonds. The summed E-state index contributed by atoms with van der Waals surface area (Å²) in [4.78, 5) is 23.0. The Hall–Kier alpha value is -3.08. The molecule has 0 aliphatic carbocycles. The molecule has 0 saturated carbocycles. The highest BCUT2D eigenvalue weighted by atomic mass is 16.5. The average molecular weight is 351 g/mol. The number of carboxylic acids is 1. The van der Waals surface area contributed by atoms with Crippen LogP contribution in [0.5, 0.6) is 5.75 Å². The third-order valence-electron chi connectivity index (χ3n) is 4.45. The van der Waals surface area contributed by atoms with Gasteiger partial charge in [0.15, 0.2) is 0 Å². The lowest BCUT2D eigenvalue weighted by Gasteiger charge is -2.13. The topological polar surface area (TPSA) is 79.6 Å². The first-order valence-corrected chi connectivity index (χ1v) is 8.31. The predicted octanol–water partition coefficient (Wildman–Crippen LogP) is 2.59. The van der Waals surface area contributed by atoms with E-state index in [0.717, 1.165) is 11.1 Å². The zero-order valence-electron chi connectivity index (χ0n) is 14.9. The fourth-order valence-corrected chi connectivity index (χ4v) is 3.04. The third kappa shape index (κ3) is 3.47. The molecule has 1 aromatic heterocycles. The minimum Gasteiger partial charge on any atom is -0.550 e. The van der Waals surface area contributed by atoms with E-state index in [4.69, 9.17) is 9.15 Å². The normalized spacial score (nSPS) is 10.9. The number of aryl methyl sites for hydroxylation is 3. The van der Waals surface area contributed by atoms with E-state index in [-0.39, 0.29) is 5.56 Å². The first kappa shape index (κ1) is 17.7. The second-order valence-corrected chi connectivity index (χ2v) is 6.38. The number of fused-ring (bicyclic) bond motifs is 1. The van der Waals surface area contributed by atoms with E-state index in [1.807, 2.05) is 44.2 Å². The summed E-state index contributed by atoms with van der Waals surface area (Å²) in [7, 11) is 0. The van der Waals surface area contributed by atoms with Crippen molar-refractivity contribution in [3.8, 4) is 5.75 Å². The van der Waals surface area contributed by atoms with Crippen LogP contribution < -0.4 is 15.5 Å². The van der Waals surface area contributed by atoms with Crippen LogP contribution in [0.1, 0.15) is 27.8 Å². The lowest BCUT2D eigenvalue weighted by Crippen LogP contribution is -2.27. The molecular weight excluding hydrogens is 332 g/mol. The van der Waals surface area contributed by atoms with Crippen molar-refractivity contribution >= 4 is 16.9 Å². The molecule has 0 fully saturated rings. The number of rotatable bonds is 5. The van der Waals surface area contributed by atoms with E-state index in [1.54, 1.807) is 13.0 Å². The van der Waals surface area contributed by atoms with Crippen LogP contribution in [-0.4, -0.2) is 5.97 Å². The van der Waals surface area contributed by atoms with Crippen LogP contribution in [0, 0.1) is 20.8 Å². The Kier molecular flexibility index (Phi) is 4.80. The number of hydrogen-bond acceptors (Lipinski definition) is 5. The van der Waals surface area contributed by atoms with Gasteiger partial charge in [-0.15, -0.1) is 0 Å². The minimum atomic E-state index is -1.31. The predicted molar refractivity (Wildman–Crippen MR) is 96.2 cm³/mol. The minimum absolute atomic E-state index is 0.116. The van der Waals surface area contributed by atoms with E-state index in [0.29, 0.717) is 34.5 Å². The molecule has 5 nitrogen and oxygen atoms in total. The fourth-order valence-electron chi connectivity index (χ4n) is 3.04. The Morgan fingerprint density at radius 3 is 2.58 bits per heavy atom. The molecule has 26 heavy (non-hydrogen) atoms. The van der Waals surface area contributed by atoms with Crippen molar-refractivity contribution < 1.29 is 19.1 Å². The third-order valence-corrected chi connectivity index (χ3v) is 4.45. The second-order valence-electron chi connectivity index (χ2n) is 6.38. The highest BCUT2D eigenvalue weighted by Gasteiger charge is 2.15. The molecule has 2 aromatic carbocycles. The molecule has 0 N–H and O–H groups in total. The number of carbonyl (C=O) groups excluding carboxylic acids is 1. The fraction of sp³-hybridized carbons (Fsp3) is 0.238. The lowest BCUT2D eigenvalue weighted by molar-refractivity contribution is -0.304. The Labute approximate surface area is 150 Å². The number of aliphatic carboxylic acids is 1. The van der Waals surface area contributed by atoms with Gasteiger partial charge < -0.3 is 19.1 Å². The summed E-state index contributed by atoms with van der Waals surface area (Å²) in [6.45, 7) is 5.95. The van der Waals surface area contributed by atoms with Gasteiger partial charge in [-0.05, 0) is 44.0 Å². The van der Waals surface area contributed by atoms with Crippen molar-refractivity contribution in [2.75, 3.05) is 0 Å². The van der Waals surface area contributed by atoms with Crippen molar-refractivity contribution in [3.05, 3.63) is 74.6 Å². The first-order chi connectivity index (χ1) is 12.4. The standard InChI is InChI=1S/C21H20O5/c1-12-5-4-6-15(9-12)11-25-18-8-7-16-13(2)17(10-19(22)23)21(24)26-20(16)14(18)3/h4-9H,10-11H2,1-3H3,(H,22,23)/p-1. The Balaban J connectivity index is 1.98. The van der Waals surface area contributed by atoms with Gasteiger partial charge in [-0.25, -0.2) is 4.79 Å². The summed E-state index contributed by atoms with van der Waals surface area (Å²) >= 11 is 0. The molecule has 0 bridgehead atoms. The molecule has 0 saturated heterocycles. The maximum atomic E-state index is 12.2. The molecule has 0 aliphatic rings. The van der Waals surface area contributed by atoms with E-state index >= 15 is 0 Å². The summed E-state index contributed by atoms with van der Waals surface area (Å²) in [6, 6.07) is 11.6. The highest BCUT2D eigenvalue weighted by molar-refractivity contribution is 5.86. The van der Waals surface area contributed by atoms with Gasteiger partial charge in [0.1, 0.15) is 17.9 Å². The summed E-state index contributed by atoms with van der Waals surface area (Å²) in [5, 5.41) is 11.6. The quantitative estimate of drug-likeness (QED) is 0.660. The number of carbonyl (C=O) groups is 1. The lowest BCUT2D eigenvalue weighted by atomic mass is 10.0. The van der Waals surface area contributed by atoms with Crippen LogP contribution in [0.15, 0.2) is 45.6 Å². The van der Waals surface area contributed by atoms with Gasteiger partial charge in [0.2, 0.25) is 0 Å². The maximum Gasteiger partial charge on any atom is 0.340 e. The van der Waals surface area contributed by atoms with Crippen molar-refractivity contribution in [3.63, 3.8) is 0 Å². The molecule has 0 spiro atoms. The number of hydrogen-bond donors (Lipinski definition) is 0. The van der Waals surface area contributed by atoms with Gasteiger partial charge in [0.25, 0.3) is 0 Å². The van der Waals surface area contributed by atoms with E-state index in [9.17, 15) is 14.7 Å². The molecule has 0 aliphatic heterocycles. The summed E-state index contributed by atoms with van der Waals surface area (Å²) < 4.78 is 11.3. The van der Waals surface area contributed by atoms with Gasteiger partial charge in [0, 0.05) is 28.9 Å². The summed E-state index contributed by atoms with van der Waals surface area (Å²) in [5.74, 6) is -0.691. The van der Waals surface area contributed by atoms with E-state index in [1.165, 1.54) is 0 Å². The average Bonchev–Trinajstić information content (AvgIpc) is 2.58. The smallest absolute Gasteiger partial charge is 0.340 e. The monoisotopic (exact) mass is 351 g/mol. The van der Waals surface area contributed by atoms with E-state index < -0.39 is 18.0 Å². The maximum absolute atomic E-state index is 12.2. The molecule has 0 atom stereocenters. The molecule has 1 heterocycles. The molecule has 3 rings (SSSR count). The van der Waals surface area contributed by atoms with Gasteiger partial charge in [-0.3, -0.25) is 0 Å². The largest absolute Gasteiger partial charge is 0.550 e. The number of carboxylic acid groups (broad SMARTS) is 1. The Morgan fingerprint density at radius 2 is 1.88 bits per heavy atom. The van der Waals surface area contributed by atoms with Gasteiger partial charge in [-0.1, -0.05) is 29.8 Å². The highest BCUT2D eigenvalue weighted by Crippen LogP contribution is 2.30. The zero-order valence-corrected chi connectivity index (χ0v) is 14.9. The van der Waals surface area contributed by atoms with Gasteiger partial charge in [0.05, 0.1) is 0 Å². The van der Waals surface area contributed by atoms with Crippen molar-refractivity contribution in [2.45, 2.75) is 33.8 Å². The van der Waals surface area contributed by atoms with Crippen molar-refractivity contribution in [1.29, 1.82) is 0 Å². The van der Waals surface area contributed by atoms with Crippen LogP contribution in [0.3, 0.4) is 0 Å². The molecule has 0 radical (unpaired) electrons. The van der Waals surface area contributed by atoms with Crippen LogP contribution in [0.4, 0.5) is 0 Å². The summed E-state index contributed by atoms with van der Waals surface area (Å²) in [5.41, 5.74) is 3.37. The van der Waals surface area contributed by atoms with Crippen LogP contribution >= 0.6 is 0 Å². The Morgan fingerprint density at radius 1 is 1.12 bits per heavy atom. The van der Waals surface area contributed by atoms with E-state index in [2.05, 4.69) is 0 Å². The molecular formula is C21H19O5-. The van der Waals surface area contributed by atoms with Crippen molar-refractivity contribution in [1.82, 2.24) is 0 Å². The SMILES string of the molecule is Cc1cccc(COc2ccc3c(C)c(CC(=O)[O-])c(=O)oc3c2C)c1. The van der Waals surface area contributed by atoms with Gasteiger partial charge in [-0.2, -0.15) is 0 Å². The molecule has 3 aromatic rings. The van der Waals surface area contributed by atoms with Crippen LogP contribution in [0.25, 0.3) is 11.0 Å². The van der Waals surface area contributed by atoms with Crippen molar-refractivity contribution in [2.24, 2.45) is 0 Å². The molecule has 0 unspecified atom stereocenters. The van der Waals surface area contributed by atoms with Crippen LogP contribution in [-0.2, 0) is 17.8 Å². The Bertz CT molecular complexity index is 1050. The number of benzene rings is 2. The van der Waals surface area contributed by atoms with Gasteiger partial charge >= 0.3 is 5.63 Å². The van der Waals surface area contributed by atoms with Crippen LogP contribution in [0.2, 0.25) is 0 Å². The molecule has 5 heteroatoms. The second kappa shape index (κ2) is 7.04. The molecule has 134 valence electrons. The number of ether oxygens (including phenoxy) is 1. The first-order valence-electron chi connectivity index (χ1n) is 8.31.